The number of hydrogen-bond donors (Lipinski definition) is 2. The summed E-state index contributed by atoms with van der Waals surface area (Å²) in [5.41, 5.74) is 6.38. The molecule has 0 saturated heterocycles. The van der Waals surface area contributed by atoms with E-state index in [0.717, 1.165) is 15.2 Å². The molecule has 2 rings (SSSR count). The molecule has 1 aromatic carbocycles. The first-order valence-electron chi connectivity index (χ1n) is 6.67. The maximum absolute atomic E-state index is 11.7. The number of nitrogens with one attached hydrogen (secondary N) is 1. The summed E-state index contributed by atoms with van der Waals surface area (Å²) in [6.07, 6.45) is 0.750. The van der Waals surface area contributed by atoms with Gasteiger partial charge in [0.15, 0.2) is 0 Å². The maximum atomic E-state index is 11.7. The van der Waals surface area contributed by atoms with Gasteiger partial charge in [-0.2, -0.15) is 0 Å². The second-order valence-corrected chi connectivity index (χ2v) is 6.17. The molecule has 1 heterocycles. The van der Waals surface area contributed by atoms with Gasteiger partial charge in [-0.15, -0.1) is 11.3 Å². The van der Waals surface area contributed by atoms with Crippen molar-refractivity contribution in [3.8, 4) is 0 Å². The quantitative estimate of drug-likeness (QED) is 0.815. The average molecular weight is 328 g/mol. The molecule has 0 aliphatic carbocycles. The number of carbonyl (C=O) groups is 1. The van der Waals surface area contributed by atoms with Gasteiger partial charge in [-0.25, -0.2) is 4.98 Å². The van der Waals surface area contributed by atoms with Crippen LogP contribution in [0, 0.1) is 0 Å². The van der Waals surface area contributed by atoms with Gasteiger partial charge in [0, 0.05) is 31.6 Å². The fourth-order valence-corrected chi connectivity index (χ4v) is 3.02. The van der Waals surface area contributed by atoms with Crippen molar-refractivity contribution >= 4 is 39.1 Å². The van der Waals surface area contributed by atoms with Gasteiger partial charge in [0.2, 0.25) is 5.91 Å². The Labute approximate surface area is 132 Å². The Hall–Kier alpha value is -1.21. The molecule has 7 heteroatoms. The highest BCUT2D eigenvalue weighted by Gasteiger charge is 2.11. The molecule has 2 aromatic rings. The number of nitrogens with two attached hydrogens (primary N) is 1. The summed E-state index contributed by atoms with van der Waals surface area (Å²) < 4.78 is 6.18. The molecule has 0 aliphatic heterocycles. The standard InChI is InChI=1S/C14H18ClN3O2S/c1-20-10(8-16)7-13(19)17-5-4-14-18-11-6-9(15)2-3-12(11)21-14/h2-3,6,10H,4-5,7-8,16H2,1H3,(H,17,19). The van der Waals surface area contributed by atoms with Crippen molar-refractivity contribution in [2.45, 2.75) is 18.9 Å². The minimum absolute atomic E-state index is 0.0588. The molecule has 0 aliphatic rings. The molecule has 1 unspecified atom stereocenters. The fourth-order valence-electron chi connectivity index (χ4n) is 1.91. The summed E-state index contributed by atoms with van der Waals surface area (Å²) in [6, 6.07) is 5.66. The van der Waals surface area contributed by atoms with E-state index >= 15 is 0 Å². The monoisotopic (exact) mass is 327 g/mol. The van der Waals surface area contributed by atoms with Crippen LogP contribution in [0.15, 0.2) is 18.2 Å². The topological polar surface area (TPSA) is 77.2 Å². The van der Waals surface area contributed by atoms with Gasteiger partial charge in [0.05, 0.1) is 27.7 Å². The van der Waals surface area contributed by atoms with Gasteiger partial charge in [-0.3, -0.25) is 4.79 Å². The van der Waals surface area contributed by atoms with E-state index < -0.39 is 0 Å². The first kappa shape index (κ1) is 16.2. The molecule has 21 heavy (non-hydrogen) atoms. The first-order chi connectivity index (χ1) is 10.1. The molecule has 0 saturated carbocycles. The summed E-state index contributed by atoms with van der Waals surface area (Å²) in [4.78, 5) is 16.2. The SMILES string of the molecule is COC(CN)CC(=O)NCCc1nc2cc(Cl)ccc2s1. The number of amides is 1. The van der Waals surface area contributed by atoms with Crippen molar-refractivity contribution in [1.29, 1.82) is 0 Å². The van der Waals surface area contributed by atoms with Crippen molar-refractivity contribution in [1.82, 2.24) is 10.3 Å². The van der Waals surface area contributed by atoms with Crippen LogP contribution in [0.5, 0.6) is 0 Å². The lowest BCUT2D eigenvalue weighted by molar-refractivity contribution is -0.123. The lowest BCUT2D eigenvalue weighted by Gasteiger charge is -2.12. The minimum atomic E-state index is -0.227. The van der Waals surface area contributed by atoms with Gasteiger partial charge in [0.1, 0.15) is 0 Å². The van der Waals surface area contributed by atoms with Crippen LogP contribution in [0.1, 0.15) is 11.4 Å². The van der Waals surface area contributed by atoms with E-state index in [-0.39, 0.29) is 18.4 Å². The number of halogens is 1. The second-order valence-electron chi connectivity index (χ2n) is 4.62. The molecule has 0 spiro atoms. The number of carbonyl (C=O) groups excluding carboxylic acids is 1. The van der Waals surface area contributed by atoms with Crippen molar-refractivity contribution in [3.05, 3.63) is 28.2 Å². The van der Waals surface area contributed by atoms with E-state index in [1.807, 2.05) is 18.2 Å². The summed E-state index contributed by atoms with van der Waals surface area (Å²) in [5.74, 6) is -0.0588. The Kier molecular flexibility index (Phi) is 5.93. The van der Waals surface area contributed by atoms with Crippen molar-refractivity contribution in [3.63, 3.8) is 0 Å². The van der Waals surface area contributed by atoms with Gasteiger partial charge >= 0.3 is 0 Å². The summed E-state index contributed by atoms with van der Waals surface area (Å²) in [6.45, 7) is 0.885. The molecule has 1 aromatic heterocycles. The van der Waals surface area contributed by atoms with Gasteiger partial charge < -0.3 is 15.8 Å². The number of fused-ring (bicyclic) bond motifs is 1. The Balaban J connectivity index is 1.83. The molecule has 0 bridgehead atoms. The molecule has 1 amide bonds. The second kappa shape index (κ2) is 7.70. The van der Waals surface area contributed by atoms with E-state index in [9.17, 15) is 4.79 Å². The van der Waals surface area contributed by atoms with Gasteiger partial charge in [-0.05, 0) is 18.2 Å². The van der Waals surface area contributed by atoms with Crippen LogP contribution in [0.4, 0.5) is 0 Å². The number of methoxy groups -OCH3 is 1. The highest BCUT2D eigenvalue weighted by atomic mass is 35.5. The third-order valence-electron chi connectivity index (χ3n) is 3.06. The molecule has 0 radical (unpaired) electrons. The van der Waals surface area contributed by atoms with E-state index in [1.165, 1.54) is 0 Å². The average Bonchev–Trinajstić information content (AvgIpc) is 2.86. The van der Waals surface area contributed by atoms with Crippen LogP contribution in [0.2, 0.25) is 5.02 Å². The Morgan fingerprint density at radius 1 is 1.57 bits per heavy atom. The molecular weight excluding hydrogens is 310 g/mol. The van der Waals surface area contributed by atoms with E-state index in [2.05, 4.69) is 10.3 Å². The molecule has 5 nitrogen and oxygen atoms in total. The van der Waals surface area contributed by atoms with Crippen LogP contribution in [-0.2, 0) is 16.0 Å². The highest BCUT2D eigenvalue weighted by molar-refractivity contribution is 7.18. The molecule has 114 valence electrons. The maximum Gasteiger partial charge on any atom is 0.222 e. The number of benzene rings is 1. The van der Waals surface area contributed by atoms with Crippen LogP contribution < -0.4 is 11.1 Å². The van der Waals surface area contributed by atoms with Gasteiger partial charge in [-0.1, -0.05) is 11.6 Å². The summed E-state index contributed by atoms with van der Waals surface area (Å²) >= 11 is 7.55. The third-order valence-corrected chi connectivity index (χ3v) is 4.40. The Morgan fingerprint density at radius 3 is 3.10 bits per heavy atom. The predicted molar refractivity (Wildman–Crippen MR) is 85.8 cm³/mol. The summed E-state index contributed by atoms with van der Waals surface area (Å²) in [7, 11) is 1.55. The molecular formula is C14H18ClN3O2S. The molecule has 1 atom stereocenters. The lowest BCUT2D eigenvalue weighted by atomic mass is 10.2. The fraction of sp³-hybridized carbons (Fsp3) is 0.429. The van der Waals surface area contributed by atoms with Crippen LogP contribution >= 0.6 is 22.9 Å². The number of nitrogens with zero attached hydrogens (tertiary/aromatic N) is 1. The Bertz CT molecular complexity index is 613. The number of ether oxygens (including phenoxy) is 1. The number of hydrogen-bond acceptors (Lipinski definition) is 5. The van der Waals surface area contributed by atoms with Gasteiger partial charge in [0.25, 0.3) is 0 Å². The van der Waals surface area contributed by atoms with Crippen molar-refractivity contribution in [2.24, 2.45) is 5.73 Å². The van der Waals surface area contributed by atoms with E-state index in [4.69, 9.17) is 22.1 Å². The third kappa shape index (κ3) is 4.64. The zero-order valence-electron chi connectivity index (χ0n) is 11.8. The first-order valence-corrected chi connectivity index (χ1v) is 7.86. The zero-order chi connectivity index (χ0) is 15.2. The van der Waals surface area contributed by atoms with E-state index in [1.54, 1.807) is 18.4 Å². The number of thiazole rings is 1. The smallest absolute Gasteiger partial charge is 0.222 e. The zero-order valence-corrected chi connectivity index (χ0v) is 13.3. The van der Waals surface area contributed by atoms with Crippen LogP contribution in [0.25, 0.3) is 10.2 Å². The highest BCUT2D eigenvalue weighted by Crippen LogP contribution is 2.24. The minimum Gasteiger partial charge on any atom is -0.380 e. The van der Waals surface area contributed by atoms with Crippen LogP contribution in [0.3, 0.4) is 0 Å². The Morgan fingerprint density at radius 2 is 2.38 bits per heavy atom. The predicted octanol–water partition coefficient (Wildman–Crippen LogP) is 1.97. The summed E-state index contributed by atoms with van der Waals surface area (Å²) in [5, 5.41) is 4.51. The van der Waals surface area contributed by atoms with E-state index in [0.29, 0.717) is 24.5 Å². The number of rotatable bonds is 7. The van der Waals surface area contributed by atoms with Crippen molar-refractivity contribution < 1.29 is 9.53 Å². The van der Waals surface area contributed by atoms with Crippen molar-refractivity contribution in [2.75, 3.05) is 20.2 Å². The molecule has 3 N–H and O–H groups in total. The normalized spacial score (nSPS) is 12.5. The number of aromatic nitrogens is 1. The largest absolute Gasteiger partial charge is 0.380 e. The lowest BCUT2D eigenvalue weighted by Crippen LogP contribution is -2.33. The van der Waals surface area contributed by atoms with Crippen LogP contribution in [-0.4, -0.2) is 37.2 Å². The molecule has 0 fully saturated rings.